The molecule has 176 valence electrons. The molecular formula is C23H15F6N3O2. The molecule has 1 amide bonds. The molecule has 1 aromatic heterocycles. The van der Waals surface area contributed by atoms with Crippen molar-refractivity contribution in [3.8, 4) is 11.4 Å². The highest BCUT2D eigenvalue weighted by atomic mass is 19.4. The minimum atomic E-state index is -4.83. The van der Waals surface area contributed by atoms with Crippen LogP contribution in [0.2, 0.25) is 0 Å². The van der Waals surface area contributed by atoms with E-state index in [1.165, 1.54) is 41.2 Å². The van der Waals surface area contributed by atoms with E-state index in [0.717, 1.165) is 18.2 Å². The Kier molecular flexibility index (Phi) is 5.72. The molecule has 1 heterocycles. The Labute approximate surface area is 188 Å². The summed E-state index contributed by atoms with van der Waals surface area (Å²) in [5, 5.41) is 7.17. The predicted octanol–water partition coefficient (Wildman–Crippen LogP) is 6.50. The number of alkyl halides is 6. The molecule has 1 N–H and O–H groups in total. The zero-order chi connectivity index (χ0) is 24.7. The van der Waals surface area contributed by atoms with Gasteiger partial charge in [-0.15, -0.1) is 13.2 Å². The van der Waals surface area contributed by atoms with Crippen LogP contribution in [0.1, 0.15) is 21.5 Å². The fourth-order valence-electron chi connectivity index (χ4n) is 3.53. The molecule has 0 fully saturated rings. The van der Waals surface area contributed by atoms with Crippen molar-refractivity contribution < 1.29 is 35.9 Å². The first-order valence-corrected chi connectivity index (χ1v) is 9.75. The van der Waals surface area contributed by atoms with Crippen molar-refractivity contribution in [3.63, 3.8) is 0 Å². The van der Waals surface area contributed by atoms with Crippen molar-refractivity contribution in [2.75, 3.05) is 5.32 Å². The van der Waals surface area contributed by atoms with E-state index < -0.39 is 29.6 Å². The predicted molar refractivity (Wildman–Crippen MR) is 112 cm³/mol. The van der Waals surface area contributed by atoms with E-state index in [9.17, 15) is 31.1 Å². The van der Waals surface area contributed by atoms with Gasteiger partial charge in [0.25, 0.3) is 5.91 Å². The normalized spacial score (nSPS) is 12.1. The highest BCUT2D eigenvalue weighted by molar-refractivity contribution is 6.09. The van der Waals surface area contributed by atoms with Crippen LogP contribution in [0.25, 0.3) is 16.6 Å². The number of ether oxygens (including phenoxy) is 1. The number of hydrogen-bond acceptors (Lipinski definition) is 3. The number of carbonyl (C=O) groups is 1. The third-order valence-electron chi connectivity index (χ3n) is 4.97. The number of rotatable bonds is 4. The molecule has 0 aliphatic rings. The molecule has 0 saturated heterocycles. The van der Waals surface area contributed by atoms with Gasteiger partial charge in [0, 0.05) is 5.39 Å². The molecule has 0 saturated carbocycles. The minimum absolute atomic E-state index is 0.223. The van der Waals surface area contributed by atoms with Crippen LogP contribution in [-0.4, -0.2) is 22.1 Å². The van der Waals surface area contributed by atoms with Crippen molar-refractivity contribution in [2.24, 2.45) is 0 Å². The Morgan fingerprint density at radius 3 is 2.38 bits per heavy atom. The molecule has 0 radical (unpaired) electrons. The highest BCUT2D eigenvalue weighted by Crippen LogP contribution is 2.33. The monoisotopic (exact) mass is 479 g/mol. The van der Waals surface area contributed by atoms with Crippen LogP contribution in [-0.2, 0) is 6.18 Å². The standard InChI is InChI=1S/C23H15F6N3O2/c1-13-11-14(34-23(27,28)29)9-10-19(13)32-20-8-4-7-18(16(20)12-30-32)31-21(33)15-5-2-3-6-17(15)22(24,25)26/h2-12H,1H3,(H,31,33). The van der Waals surface area contributed by atoms with Crippen LogP contribution in [0.4, 0.5) is 32.0 Å². The maximum atomic E-state index is 13.3. The number of nitrogens with one attached hydrogen (secondary N) is 1. The maximum absolute atomic E-state index is 13.3. The van der Waals surface area contributed by atoms with Crippen LogP contribution >= 0.6 is 0 Å². The molecule has 0 atom stereocenters. The van der Waals surface area contributed by atoms with Gasteiger partial charge in [-0.1, -0.05) is 18.2 Å². The average Bonchev–Trinajstić information content (AvgIpc) is 3.17. The Bertz CT molecular complexity index is 1380. The molecular weight excluding hydrogens is 464 g/mol. The molecule has 0 spiro atoms. The first-order valence-electron chi connectivity index (χ1n) is 9.75. The lowest BCUT2D eigenvalue weighted by Crippen LogP contribution is -2.18. The average molecular weight is 479 g/mol. The molecule has 0 unspecified atom stereocenters. The molecule has 0 bridgehead atoms. The Morgan fingerprint density at radius 1 is 0.971 bits per heavy atom. The number of amides is 1. The zero-order valence-electron chi connectivity index (χ0n) is 17.3. The van der Waals surface area contributed by atoms with Crippen LogP contribution in [0.3, 0.4) is 0 Å². The Balaban J connectivity index is 1.68. The van der Waals surface area contributed by atoms with Gasteiger partial charge in [0.05, 0.1) is 34.2 Å². The molecule has 4 aromatic rings. The largest absolute Gasteiger partial charge is 0.573 e. The van der Waals surface area contributed by atoms with Gasteiger partial charge in [0.15, 0.2) is 0 Å². The highest BCUT2D eigenvalue weighted by Gasteiger charge is 2.35. The second kappa shape index (κ2) is 8.40. The van der Waals surface area contributed by atoms with Crippen LogP contribution in [0.5, 0.6) is 5.75 Å². The van der Waals surface area contributed by atoms with E-state index in [1.54, 1.807) is 19.1 Å². The summed E-state index contributed by atoms with van der Waals surface area (Å²) in [7, 11) is 0. The number of carbonyl (C=O) groups excluding carboxylic acids is 1. The summed E-state index contributed by atoms with van der Waals surface area (Å²) in [5.41, 5.74) is -0.00623. The van der Waals surface area contributed by atoms with E-state index in [1.807, 2.05) is 0 Å². The zero-order valence-corrected chi connectivity index (χ0v) is 17.3. The van der Waals surface area contributed by atoms with Gasteiger partial charge in [-0.25, -0.2) is 4.68 Å². The molecule has 3 aromatic carbocycles. The second-order valence-corrected chi connectivity index (χ2v) is 7.29. The van der Waals surface area contributed by atoms with Crippen LogP contribution in [0.15, 0.2) is 66.9 Å². The van der Waals surface area contributed by atoms with E-state index in [2.05, 4.69) is 15.2 Å². The lowest BCUT2D eigenvalue weighted by molar-refractivity contribution is -0.274. The SMILES string of the molecule is Cc1cc(OC(F)(F)F)ccc1-n1ncc2c(NC(=O)c3ccccc3C(F)(F)F)cccc21. The smallest absolute Gasteiger partial charge is 0.406 e. The molecule has 0 aliphatic heterocycles. The van der Waals surface area contributed by atoms with E-state index in [0.29, 0.717) is 22.2 Å². The molecule has 34 heavy (non-hydrogen) atoms. The summed E-state index contributed by atoms with van der Waals surface area (Å²) in [4.78, 5) is 12.7. The minimum Gasteiger partial charge on any atom is -0.406 e. The fourth-order valence-corrected chi connectivity index (χ4v) is 3.53. The first kappa shape index (κ1) is 23.1. The summed E-state index contributed by atoms with van der Waals surface area (Å²) in [6, 6.07) is 12.9. The summed E-state index contributed by atoms with van der Waals surface area (Å²) in [6.45, 7) is 1.58. The van der Waals surface area contributed by atoms with E-state index >= 15 is 0 Å². The molecule has 11 heteroatoms. The van der Waals surface area contributed by atoms with Crippen molar-refractivity contribution in [2.45, 2.75) is 19.5 Å². The molecule has 4 rings (SSSR count). The van der Waals surface area contributed by atoms with Gasteiger partial charge < -0.3 is 10.1 Å². The van der Waals surface area contributed by atoms with Crippen molar-refractivity contribution in [1.82, 2.24) is 9.78 Å². The second-order valence-electron chi connectivity index (χ2n) is 7.29. The molecule has 0 aliphatic carbocycles. The number of halogens is 6. The summed E-state index contributed by atoms with van der Waals surface area (Å²) in [5.74, 6) is -1.33. The number of hydrogen-bond donors (Lipinski definition) is 1. The summed E-state index contributed by atoms with van der Waals surface area (Å²) in [6.07, 6.45) is -8.13. The number of aryl methyl sites for hydroxylation is 1. The van der Waals surface area contributed by atoms with Gasteiger partial charge in [-0.2, -0.15) is 18.3 Å². The van der Waals surface area contributed by atoms with Crippen molar-refractivity contribution >= 4 is 22.5 Å². The number of fused-ring (bicyclic) bond motifs is 1. The van der Waals surface area contributed by atoms with E-state index in [-0.39, 0.29) is 11.4 Å². The van der Waals surface area contributed by atoms with Crippen LogP contribution in [0, 0.1) is 6.92 Å². The van der Waals surface area contributed by atoms with Gasteiger partial charge in [-0.3, -0.25) is 4.79 Å². The first-order chi connectivity index (χ1) is 15.9. The van der Waals surface area contributed by atoms with Crippen molar-refractivity contribution in [3.05, 3.63) is 83.6 Å². The third-order valence-corrected chi connectivity index (χ3v) is 4.97. The van der Waals surface area contributed by atoms with Crippen molar-refractivity contribution in [1.29, 1.82) is 0 Å². The van der Waals surface area contributed by atoms with E-state index in [4.69, 9.17) is 0 Å². The Hall–Kier alpha value is -4.02. The maximum Gasteiger partial charge on any atom is 0.573 e. The topological polar surface area (TPSA) is 56.1 Å². The number of anilines is 1. The van der Waals surface area contributed by atoms with Crippen LogP contribution < -0.4 is 10.1 Å². The Morgan fingerprint density at radius 2 is 1.71 bits per heavy atom. The lowest BCUT2D eigenvalue weighted by Gasteiger charge is -2.14. The number of nitrogens with zero attached hydrogens (tertiary/aromatic N) is 2. The van der Waals surface area contributed by atoms with Gasteiger partial charge >= 0.3 is 12.5 Å². The van der Waals surface area contributed by atoms with Gasteiger partial charge in [-0.05, 0) is 55.0 Å². The number of aromatic nitrogens is 2. The molecule has 5 nitrogen and oxygen atoms in total. The quantitative estimate of drug-likeness (QED) is 0.340. The lowest BCUT2D eigenvalue weighted by atomic mass is 10.1. The fraction of sp³-hybridized carbons (Fsp3) is 0.130. The third kappa shape index (κ3) is 4.68. The van der Waals surface area contributed by atoms with Gasteiger partial charge in [0.2, 0.25) is 0 Å². The summed E-state index contributed by atoms with van der Waals surface area (Å²) < 4.78 is 82.7. The summed E-state index contributed by atoms with van der Waals surface area (Å²) >= 11 is 0. The van der Waals surface area contributed by atoms with Gasteiger partial charge in [0.1, 0.15) is 5.75 Å². The number of benzene rings is 3.